The summed E-state index contributed by atoms with van der Waals surface area (Å²) in [4.78, 5) is 32.5. The molecular weight excluding hydrogens is 837 g/mol. The molecule has 1 amide bonds. The van der Waals surface area contributed by atoms with E-state index in [-0.39, 0.29) is 21.8 Å². The van der Waals surface area contributed by atoms with Crippen molar-refractivity contribution in [3.8, 4) is 11.1 Å². The molecule has 11 nitrogen and oxygen atoms in total. The third kappa shape index (κ3) is 11.8. The summed E-state index contributed by atoms with van der Waals surface area (Å²) in [6, 6.07) is 37.3. The molecule has 0 radical (unpaired) electrons. The predicted octanol–water partition coefficient (Wildman–Crippen LogP) is 7.27. The summed E-state index contributed by atoms with van der Waals surface area (Å²) in [7, 11) is -8.39. The van der Waals surface area contributed by atoms with E-state index >= 15 is 0 Å². The number of nitrogens with zero attached hydrogens (tertiary/aromatic N) is 3. The zero-order valence-electron chi connectivity index (χ0n) is 33.6. The molecule has 15 heteroatoms. The lowest BCUT2D eigenvalue weighted by molar-refractivity contribution is 0.0370. The highest BCUT2D eigenvalue weighted by Gasteiger charge is 2.29. The molecule has 60 heavy (non-hydrogen) atoms. The number of nitrogens with one attached hydrogen (secondary N) is 2. The second kappa shape index (κ2) is 20.1. The van der Waals surface area contributed by atoms with Gasteiger partial charge in [0.2, 0.25) is 0 Å². The molecule has 0 aromatic heterocycles. The number of carbonyl (C=O) groups excluding carboxylic acids is 1. The maximum atomic E-state index is 13.7. The van der Waals surface area contributed by atoms with Gasteiger partial charge in [0.15, 0.2) is 9.84 Å². The van der Waals surface area contributed by atoms with Crippen LogP contribution in [0.5, 0.6) is 0 Å². The van der Waals surface area contributed by atoms with E-state index in [1.165, 1.54) is 29.3 Å². The van der Waals surface area contributed by atoms with Gasteiger partial charge in [0.25, 0.3) is 5.91 Å². The molecule has 2 fully saturated rings. The van der Waals surface area contributed by atoms with E-state index in [2.05, 4.69) is 49.4 Å². The van der Waals surface area contributed by atoms with Gasteiger partial charge in [-0.1, -0.05) is 66.2 Å². The van der Waals surface area contributed by atoms with Crippen molar-refractivity contribution in [1.29, 1.82) is 0 Å². The van der Waals surface area contributed by atoms with Gasteiger partial charge in [-0.2, -0.15) is 0 Å². The average molecular weight is 888 g/mol. The fourth-order valence-electron chi connectivity index (χ4n) is 7.48. The summed E-state index contributed by atoms with van der Waals surface area (Å²) >= 11 is 7.80. The smallest absolute Gasteiger partial charge is 0.323 e. The number of rotatable bonds is 16. The summed E-state index contributed by atoms with van der Waals surface area (Å²) < 4.78 is 45.5. The first-order valence-electron chi connectivity index (χ1n) is 20.1. The number of anilines is 2. The standard InChI is InChI=1S/C45H51ClN5O6PS2/c1-60(55,56)44-31-40(19-20-43(44)47-38(21-22-49-27-29-57-30-28-49)33-59-41-8-3-2-4-9-41)58(53,54)48-45(52)35-13-17-39(18-14-35)51-25-23-50(24-26-51)32-36-7-5-6-10-42(36)34-11-15-37(46)16-12-34/h2-20,31,38,47H,21-30,32-33H2,1H3,(H2,48,52,53,54). The van der Waals surface area contributed by atoms with Crippen molar-refractivity contribution >= 4 is 63.3 Å². The number of sulfone groups is 1. The molecule has 0 aliphatic carbocycles. The molecule has 2 aliphatic heterocycles. The summed E-state index contributed by atoms with van der Waals surface area (Å²) in [5.74, 6) is -0.0650. The second-order valence-corrected chi connectivity index (χ2v) is 20.6. The number of hydrogen-bond acceptors (Lipinski definition) is 10. The van der Waals surface area contributed by atoms with E-state index in [1.807, 2.05) is 66.7 Å². The van der Waals surface area contributed by atoms with E-state index in [9.17, 15) is 22.7 Å². The van der Waals surface area contributed by atoms with Gasteiger partial charge in [-0.3, -0.25) is 24.2 Å². The SMILES string of the molecule is CS(=O)(=O)c1cc(P(=O)(O)NC(=O)c2ccc(N3CCN(Cc4ccccc4-c4ccc(Cl)cc4)CC3)cc2)ccc1NC(CCN1CCOCC1)CSc1ccccc1. The number of piperazine rings is 1. The Morgan fingerprint density at radius 1 is 0.850 bits per heavy atom. The van der Waals surface area contributed by atoms with Crippen LogP contribution in [0.1, 0.15) is 22.3 Å². The van der Waals surface area contributed by atoms with E-state index in [4.69, 9.17) is 16.3 Å². The van der Waals surface area contributed by atoms with Crippen LogP contribution < -0.4 is 20.6 Å². The van der Waals surface area contributed by atoms with Gasteiger partial charge < -0.3 is 19.8 Å². The number of halogens is 1. The monoisotopic (exact) mass is 887 g/mol. The van der Waals surface area contributed by atoms with Crippen LogP contribution in [0.15, 0.2) is 131 Å². The number of morpholine rings is 1. The van der Waals surface area contributed by atoms with Crippen LogP contribution in [0.4, 0.5) is 11.4 Å². The zero-order valence-corrected chi connectivity index (χ0v) is 36.9. The van der Waals surface area contributed by atoms with Gasteiger partial charge in [0, 0.05) is 91.6 Å². The Morgan fingerprint density at radius 2 is 1.53 bits per heavy atom. The lowest BCUT2D eigenvalue weighted by atomic mass is 9.99. The normalized spacial score (nSPS) is 16.8. The number of hydrogen-bond donors (Lipinski definition) is 3. The van der Waals surface area contributed by atoms with E-state index in [1.54, 1.807) is 23.9 Å². The van der Waals surface area contributed by atoms with Gasteiger partial charge in [0.1, 0.15) is 0 Å². The van der Waals surface area contributed by atoms with Crippen LogP contribution in [-0.2, 0) is 25.7 Å². The highest BCUT2D eigenvalue weighted by Crippen LogP contribution is 2.37. The Morgan fingerprint density at radius 3 is 2.23 bits per heavy atom. The summed E-state index contributed by atoms with van der Waals surface area (Å²) in [5.41, 5.74) is 5.08. The van der Waals surface area contributed by atoms with Crippen molar-refractivity contribution in [1.82, 2.24) is 14.9 Å². The lowest BCUT2D eigenvalue weighted by Crippen LogP contribution is -2.46. The Hall–Kier alpha value is -4.17. The molecule has 0 bridgehead atoms. The molecular formula is C45H51ClN5O6PS2. The van der Waals surface area contributed by atoms with Gasteiger partial charge in [-0.05, 0) is 89.8 Å². The Labute approximate surface area is 362 Å². The van der Waals surface area contributed by atoms with Crippen molar-refractivity contribution in [2.75, 3.05) is 81.3 Å². The number of benzene rings is 5. The molecule has 316 valence electrons. The molecule has 2 unspecified atom stereocenters. The van der Waals surface area contributed by atoms with E-state index in [0.29, 0.717) is 29.7 Å². The van der Waals surface area contributed by atoms with Gasteiger partial charge in [-0.15, -0.1) is 11.8 Å². The molecule has 2 saturated heterocycles. The second-order valence-electron chi connectivity index (χ2n) is 15.2. The molecule has 7 rings (SSSR count). The van der Waals surface area contributed by atoms with Gasteiger partial charge in [0.05, 0.1) is 29.1 Å². The highest BCUT2D eigenvalue weighted by atomic mass is 35.5. The number of thioether (sulfide) groups is 1. The largest absolute Gasteiger partial charge is 0.380 e. The molecule has 2 heterocycles. The van der Waals surface area contributed by atoms with Crippen molar-refractivity contribution in [2.24, 2.45) is 0 Å². The topological polar surface area (TPSA) is 132 Å². The van der Waals surface area contributed by atoms with Crippen LogP contribution in [0.25, 0.3) is 11.1 Å². The first-order valence-corrected chi connectivity index (χ1v) is 25.0. The van der Waals surface area contributed by atoms with Crippen molar-refractivity contribution in [2.45, 2.75) is 28.8 Å². The lowest BCUT2D eigenvalue weighted by Gasteiger charge is -2.36. The average Bonchev–Trinajstić information content (AvgIpc) is 3.26. The molecule has 5 aromatic carbocycles. The van der Waals surface area contributed by atoms with Crippen molar-refractivity contribution in [3.05, 3.63) is 137 Å². The first-order chi connectivity index (χ1) is 28.9. The van der Waals surface area contributed by atoms with Gasteiger partial charge >= 0.3 is 7.52 Å². The Bertz CT molecular complexity index is 2380. The van der Waals surface area contributed by atoms with Gasteiger partial charge in [-0.25, -0.2) is 8.42 Å². The molecule has 0 saturated carbocycles. The minimum Gasteiger partial charge on any atom is -0.380 e. The molecule has 2 aliphatic rings. The third-order valence-electron chi connectivity index (χ3n) is 10.9. The zero-order chi connectivity index (χ0) is 42.1. The van der Waals surface area contributed by atoms with Crippen LogP contribution in [-0.4, -0.2) is 106 Å². The van der Waals surface area contributed by atoms with Crippen molar-refractivity contribution < 1.29 is 27.4 Å². The molecule has 3 N–H and O–H groups in total. The fraction of sp³-hybridized carbons (Fsp3) is 0.311. The Kier molecular flexibility index (Phi) is 14.7. The summed E-state index contributed by atoms with van der Waals surface area (Å²) in [6.07, 6.45) is 1.82. The van der Waals surface area contributed by atoms with E-state index in [0.717, 1.165) is 81.2 Å². The number of amides is 1. The van der Waals surface area contributed by atoms with Crippen LogP contribution >= 0.6 is 30.9 Å². The molecule has 0 spiro atoms. The predicted molar refractivity (Wildman–Crippen MR) is 244 cm³/mol. The Balaban J connectivity index is 0.974. The maximum absolute atomic E-state index is 13.7. The quantitative estimate of drug-likeness (QED) is 0.0684. The fourth-order valence-corrected chi connectivity index (χ4v) is 10.7. The number of carbonyl (C=O) groups is 1. The first kappa shape index (κ1) is 43.9. The highest BCUT2D eigenvalue weighted by molar-refractivity contribution is 7.99. The van der Waals surface area contributed by atoms with Crippen LogP contribution in [0, 0.1) is 0 Å². The third-order valence-corrected chi connectivity index (χ3v) is 14.9. The van der Waals surface area contributed by atoms with Crippen LogP contribution in [0.2, 0.25) is 5.02 Å². The maximum Gasteiger partial charge on any atom is 0.323 e. The number of ether oxygens (including phenoxy) is 1. The summed E-state index contributed by atoms with van der Waals surface area (Å²) in [6.45, 7) is 7.98. The van der Waals surface area contributed by atoms with Crippen LogP contribution in [0.3, 0.4) is 0 Å². The minimum absolute atomic E-state index is 0.111. The molecule has 5 aromatic rings. The van der Waals surface area contributed by atoms with E-state index < -0.39 is 23.3 Å². The minimum atomic E-state index is -4.54. The molecule has 2 atom stereocenters. The summed E-state index contributed by atoms with van der Waals surface area (Å²) in [5, 5.41) is 6.24. The van der Waals surface area contributed by atoms with Crippen molar-refractivity contribution in [3.63, 3.8) is 0 Å².